The molecule has 0 atom stereocenters. The smallest absolute Gasteiger partial charge is 0.271 e. The summed E-state index contributed by atoms with van der Waals surface area (Å²) in [6.07, 6.45) is 0.877. The van der Waals surface area contributed by atoms with Gasteiger partial charge in [0.05, 0.1) is 0 Å². The topological polar surface area (TPSA) is 84.8 Å². The second-order valence-electron chi connectivity index (χ2n) is 3.02. The summed E-state index contributed by atoms with van der Waals surface area (Å²) in [5.74, 6) is -0.582. The molecule has 2 rings (SSSR count). The highest BCUT2D eigenvalue weighted by Crippen LogP contribution is 1.98. The van der Waals surface area contributed by atoms with E-state index in [1.54, 1.807) is 30.3 Å². The molecule has 6 heteroatoms. The first kappa shape index (κ1) is 10.0. The van der Waals surface area contributed by atoms with Crippen molar-refractivity contribution in [3.63, 3.8) is 0 Å². The predicted molar refractivity (Wildman–Crippen MR) is 55.3 cm³/mol. The lowest BCUT2D eigenvalue weighted by molar-refractivity contribution is 0.0936. The fraction of sp³-hybridized carbons (Fsp3) is 0. The second kappa shape index (κ2) is 3.93. The summed E-state index contributed by atoms with van der Waals surface area (Å²) < 4.78 is 0.608. The Morgan fingerprint density at radius 3 is 2.50 bits per heavy atom. The van der Waals surface area contributed by atoms with Crippen LogP contribution in [0.2, 0.25) is 0 Å². The Hall–Kier alpha value is -2.50. The number of carbonyl (C=O) groups excluding carboxylic acids is 1. The van der Waals surface area contributed by atoms with Crippen LogP contribution in [-0.2, 0) is 0 Å². The lowest BCUT2D eigenvalue weighted by atomic mass is 10.2. The molecule has 6 nitrogen and oxygen atoms in total. The summed E-state index contributed by atoms with van der Waals surface area (Å²) in [6, 6.07) is 8.21. The van der Waals surface area contributed by atoms with Gasteiger partial charge in [-0.15, -0.1) is 4.68 Å². The van der Waals surface area contributed by atoms with E-state index in [0.29, 0.717) is 10.2 Å². The molecule has 0 saturated carbocycles. The van der Waals surface area contributed by atoms with Crippen molar-refractivity contribution in [2.75, 3.05) is 0 Å². The highest BCUT2D eigenvalue weighted by molar-refractivity contribution is 5.94. The van der Waals surface area contributed by atoms with E-state index in [0.717, 1.165) is 6.20 Å². The van der Waals surface area contributed by atoms with E-state index in [-0.39, 0.29) is 0 Å². The molecule has 0 aliphatic carbocycles. The first-order chi connectivity index (χ1) is 7.68. The Kier molecular flexibility index (Phi) is 2.47. The molecule has 1 aromatic carbocycles. The van der Waals surface area contributed by atoms with Gasteiger partial charge in [-0.2, -0.15) is 5.10 Å². The van der Waals surface area contributed by atoms with Crippen LogP contribution in [0.1, 0.15) is 10.4 Å². The number of benzene rings is 1. The maximum Gasteiger partial charge on any atom is 0.352 e. The van der Waals surface area contributed by atoms with Crippen molar-refractivity contribution >= 4 is 5.91 Å². The third kappa shape index (κ3) is 1.81. The van der Waals surface area contributed by atoms with Crippen molar-refractivity contribution in [3.8, 4) is 0 Å². The number of aromatic nitrogens is 3. The van der Waals surface area contributed by atoms with E-state index in [2.05, 4.69) is 5.10 Å². The molecule has 80 valence electrons. The molecule has 1 heterocycles. The van der Waals surface area contributed by atoms with E-state index in [1.807, 2.05) is 4.98 Å². The maximum absolute atomic E-state index is 11.8. The number of nitrogens with one attached hydrogen (secondary N) is 1. The predicted octanol–water partition coefficient (Wildman–Crippen LogP) is -0.380. The number of hydrogen-bond acceptors (Lipinski definition) is 4. The van der Waals surface area contributed by atoms with Crippen molar-refractivity contribution in [1.82, 2.24) is 14.8 Å². The molecular formula is C10H7N3O3. The van der Waals surface area contributed by atoms with Crippen molar-refractivity contribution in [2.24, 2.45) is 0 Å². The van der Waals surface area contributed by atoms with Crippen LogP contribution in [-0.4, -0.2) is 20.7 Å². The van der Waals surface area contributed by atoms with E-state index < -0.39 is 17.2 Å². The summed E-state index contributed by atoms with van der Waals surface area (Å²) >= 11 is 0. The van der Waals surface area contributed by atoms with Crippen LogP contribution >= 0.6 is 0 Å². The van der Waals surface area contributed by atoms with Gasteiger partial charge in [-0.3, -0.25) is 14.6 Å². The summed E-state index contributed by atoms with van der Waals surface area (Å²) in [4.78, 5) is 35.8. The summed E-state index contributed by atoms with van der Waals surface area (Å²) in [6.45, 7) is 0. The van der Waals surface area contributed by atoms with Crippen molar-refractivity contribution in [2.45, 2.75) is 0 Å². The average Bonchev–Trinajstić information content (AvgIpc) is 2.29. The van der Waals surface area contributed by atoms with Gasteiger partial charge in [0, 0.05) is 5.56 Å². The summed E-state index contributed by atoms with van der Waals surface area (Å²) in [5, 5.41) is 3.46. The minimum Gasteiger partial charge on any atom is -0.271 e. The number of rotatable bonds is 1. The van der Waals surface area contributed by atoms with Crippen molar-refractivity contribution < 1.29 is 4.79 Å². The maximum atomic E-state index is 11.8. The first-order valence-electron chi connectivity index (χ1n) is 4.47. The van der Waals surface area contributed by atoms with E-state index in [1.165, 1.54) is 0 Å². The van der Waals surface area contributed by atoms with Crippen LogP contribution < -0.4 is 11.2 Å². The molecule has 0 fully saturated rings. The van der Waals surface area contributed by atoms with E-state index >= 15 is 0 Å². The molecule has 0 amide bonds. The summed E-state index contributed by atoms with van der Waals surface area (Å²) in [7, 11) is 0. The van der Waals surface area contributed by atoms with Crippen LogP contribution in [0.15, 0.2) is 46.1 Å². The molecule has 1 aromatic heterocycles. The van der Waals surface area contributed by atoms with Crippen LogP contribution in [0.4, 0.5) is 0 Å². The minimum absolute atomic E-state index is 0.323. The number of hydrogen-bond donors (Lipinski definition) is 1. The molecule has 0 bridgehead atoms. The van der Waals surface area contributed by atoms with Gasteiger partial charge in [-0.25, -0.2) is 4.79 Å². The van der Waals surface area contributed by atoms with Gasteiger partial charge < -0.3 is 0 Å². The fourth-order valence-corrected chi connectivity index (χ4v) is 1.20. The monoisotopic (exact) mass is 217 g/mol. The van der Waals surface area contributed by atoms with Crippen LogP contribution in [0.3, 0.4) is 0 Å². The zero-order valence-corrected chi connectivity index (χ0v) is 8.08. The lowest BCUT2D eigenvalue weighted by Crippen LogP contribution is -2.35. The molecule has 1 N–H and O–H groups in total. The SMILES string of the molecule is O=C(c1ccccc1)n1ncc(=O)[nH]c1=O. The number of carbonyl (C=O) groups is 1. The van der Waals surface area contributed by atoms with Gasteiger partial charge in [0.25, 0.3) is 11.5 Å². The van der Waals surface area contributed by atoms with Crippen LogP contribution in [0.25, 0.3) is 0 Å². The number of aromatic amines is 1. The van der Waals surface area contributed by atoms with Gasteiger partial charge in [0.2, 0.25) is 0 Å². The Balaban J connectivity index is 2.51. The van der Waals surface area contributed by atoms with Gasteiger partial charge in [0.1, 0.15) is 6.20 Å². The van der Waals surface area contributed by atoms with Gasteiger partial charge in [-0.1, -0.05) is 18.2 Å². The number of nitrogens with zero attached hydrogens (tertiary/aromatic N) is 2. The van der Waals surface area contributed by atoms with Crippen molar-refractivity contribution in [3.05, 3.63) is 62.9 Å². The Labute approximate surface area is 89.2 Å². The zero-order valence-electron chi connectivity index (χ0n) is 8.08. The fourth-order valence-electron chi connectivity index (χ4n) is 1.20. The Morgan fingerprint density at radius 1 is 1.19 bits per heavy atom. The molecule has 0 aliphatic rings. The molecule has 16 heavy (non-hydrogen) atoms. The minimum atomic E-state index is -0.846. The largest absolute Gasteiger partial charge is 0.352 e. The average molecular weight is 217 g/mol. The standard InChI is InChI=1S/C10H7N3O3/c14-8-6-11-13(10(16)12-8)9(15)7-4-2-1-3-5-7/h1-6H,(H,12,14,16). The van der Waals surface area contributed by atoms with Crippen molar-refractivity contribution in [1.29, 1.82) is 0 Å². The molecule has 0 aliphatic heterocycles. The van der Waals surface area contributed by atoms with Gasteiger partial charge >= 0.3 is 5.69 Å². The molecular weight excluding hydrogens is 210 g/mol. The van der Waals surface area contributed by atoms with Crippen LogP contribution in [0, 0.1) is 0 Å². The van der Waals surface area contributed by atoms with Crippen LogP contribution in [0.5, 0.6) is 0 Å². The van der Waals surface area contributed by atoms with Gasteiger partial charge in [-0.05, 0) is 12.1 Å². The quantitative estimate of drug-likeness (QED) is 0.705. The Morgan fingerprint density at radius 2 is 1.88 bits per heavy atom. The Bertz CT molecular complexity index is 628. The normalized spacial score (nSPS) is 10.0. The number of H-pyrrole nitrogens is 1. The highest BCUT2D eigenvalue weighted by Gasteiger charge is 2.10. The van der Waals surface area contributed by atoms with E-state index in [9.17, 15) is 14.4 Å². The highest BCUT2D eigenvalue weighted by atomic mass is 16.2. The molecule has 2 aromatic rings. The summed E-state index contributed by atoms with van der Waals surface area (Å²) in [5.41, 5.74) is -1.16. The van der Waals surface area contributed by atoms with Gasteiger partial charge in [0.15, 0.2) is 0 Å². The molecule has 0 saturated heterocycles. The zero-order chi connectivity index (χ0) is 11.5. The molecule has 0 radical (unpaired) electrons. The van der Waals surface area contributed by atoms with E-state index in [4.69, 9.17) is 0 Å². The molecule has 0 unspecified atom stereocenters. The first-order valence-corrected chi connectivity index (χ1v) is 4.47. The third-order valence-electron chi connectivity index (χ3n) is 1.93. The molecule has 0 spiro atoms. The lowest BCUT2D eigenvalue weighted by Gasteiger charge is -2.00. The second-order valence-corrected chi connectivity index (χ2v) is 3.02. The third-order valence-corrected chi connectivity index (χ3v) is 1.93.